The van der Waals surface area contributed by atoms with Crippen molar-refractivity contribution in [1.29, 1.82) is 0 Å². The van der Waals surface area contributed by atoms with Crippen LogP contribution in [-0.2, 0) is 14.8 Å². The lowest BCUT2D eigenvalue weighted by Crippen LogP contribution is -2.50. The van der Waals surface area contributed by atoms with Crippen LogP contribution in [0.4, 0.5) is 0 Å². The number of nitrogens with zero attached hydrogens (tertiary/aromatic N) is 1. The van der Waals surface area contributed by atoms with Gasteiger partial charge in [-0.05, 0) is 31.2 Å². The molecule has 1 aromatic rings. The van der Waals surface area contributed by atoms with Gasteiger partial charge in [-0.15, -0.1) is 0 Å². The van der Waals surface area contributed by atoms with Crippen molar-refractivity contribution in [3.8, 4) is 5.75 Å². The number of hydrogen-bond acceptors (Lipinski definition) is 5. The van der Waals surface area contributed by atoms with Gasteiger partial charge in [0.15, 0.2) is 0 Å². The molecule has 20 heavy (non-hydrogen) atoms. The molecule has 0 bridgehead atoms. The molecule has 2 rings (SSSR count). The zero-order chi connectivity index (χ0) is 14.6. The topological polar surface area (TPSA) is 76.1 Å². The van der Waals surface area contributed by atoms with Gasteiger partial charge >= 0.3 is 0 Å². The molecule has 1 unspecified atom stereocenters. The van der Waals surface area contributed by atoms with Gasteiger partial charge in [0.05, 0.1) is 37.4 Å². The second kappa shape index (κ2) is 6.53. The summed E-state index contributed by atoms with van der Waals surface area (Å²) in [7, 11) is -3.62. The zero-order valence-corrected chi connectivity index (χ0v) is 12.2. The molecule has 1 saturated heterocycles. The molecule has 0 spiro atoms. The minimum absolute atomic E-state index is 0.196. The second-order valence-electron chi connectivity index (χ2n) is 4.43. The van der Waals surface area contributed by atoms with Gasteiger partial charge < -0.3 is 14.6 Å². The number of aliphatic hydroxyl groups is 1. The molecular weight excluding hydrogens is 282 g/mol. The van der Waals surface area contributed by atoms with Crippen LogP contribution < -0.4 is 4.74 Å². The molecule has 6 nitrogen and oxygen atoms in total. The van der Waals surface area contributed by atoms with E-state index in [0.29, 0.717) is 19.0 Å². The largest absolute Gasteiger partial charge is 0.494 e. The first-order valence-corrected chi connectivity index (χ1v) is 7.97. The fraction of sp³-hybridized carbons (Fsp3) is 0.538. The highest BCUT2D eigenvalue weighted by Gasteiger charge is 2.33. The summed E-state index contributed by atoms with van der Waals surface area (Å²) in [6.07, 6.45) is 0. The van der Waals surface area contributed by atoms with Crippen LogP contribution in [0.2, 0.25) is 0 Å². The first-order valence-electron chi connectivity index (χ1n) is 6.53. The number of sulfonamides is 1. The molecule has 0 aromatic heterocycles. The van der Waals surface area contributed by atoms with Crippen molar-refractivity contribution in [1.82, 2.24) is 4.31 Å². The van der Waals surface area contributed by atoms with Crippen LogP contribution in [0.5, 0.6) is 5.75 Å². The van der Waals surface area contributed by atoms with E-state index in [0.717, 1.165) is 0 Å². The molecule has 1 heterocycles. The summed E-state index contributed by atoms with van der Waals surface area (Å²) in [5.41, 5.74) is 0. The number of rotatable bonds is 5. The maximum absolute atomic E-state index is 12.5. The summed E-state index contributed by atoms with van der Waals surface area (Å²) in [5.74, 6) is 0.632. The Kier molecular flexibility index (Phi) is 4.98. The standard InChI is InChI=1S/C13H19NO5S/c1-2-19-12-3-5-13(6-4-12)20(16,17)14-7-8-18-10-11(14)9-15/h3-6,11,15H,2,7-10H2,1H3. The Labute approximate surface area is 119 Å². The minimum atomic E-state index is -3.62. The summed E-state index contributed by atoms with van der Waals surface area (Å²) in [4.78, 5) is 0.196. The van der Waals surface area contributed by atoms with Gasteiger partial charge in [-0.3, -0.25) is 0 Å². The van der Waals surface area contributed by atoms with Crippen LogP contribution in [0.15, 0.2) is 29.2 Å². The highest BCUT2D eigenvalue weighted by molar-refractivity contribution is 7.89. The zero-order valence-electron chi connectivity index (χ0n) is 11.4. The van der Waals surface area contributed by atoms with E-state index in [1.54, 1.807) is 12.1 Å². The van der Waals surface area contributed by atoms with Gasteiger partial charge in [0.1, 0.15) is 5.75 Å². The Hall–Kier alpha value is -1.15. The Balaban J connectivity index is 2.24. The number of aliphatic hydroxyl groups excluding tert-OH is 1. The summed E-state index contributed by atoms with van der Waals surface area (Å²) in [6, 6.07) is 5.77. The van der Waals surface area contributed by atoms with Gasteiger partial charge in [-0.2, -0.15) is 4.31 Å². The first-order chi connectivity index (χ1) is 9.59. The van der Waals surface area contributed by atoms with E-state index in [-0.39, 0.29) is 24.7 Å². The second-order valence-corrected chi connectivity index (χ2v) is 6.32. The number of hydrogen-bond donors (Lipinski definition) is 1. The first kappa shape index (κ1) is 15.2. The lowest BCUT2D eigenvalue weighted by molar-refractivity contribution is 0.0109. The molecule has 1 N–H and O–H groups in total. The van der Waals surface area contributed by atoms with Gasteiger partial charge in [0.2, 0.25) is 10.0 Å². The molecule has 1 aromatic carbocycles. The highest BCUT2D eigenvalue weighted by atomic mass is 32.2. The van der Waals surface area contributed by atoms with E-state index < -0.39 is 16.1 Å². The monoisotopic (exact) mass is 301 g/mol. The highest BCUT2D eigenvalue weighted by Crippen LogP contribution is 2.22. The van der Waals surface area contributed by atoms with Crippen LogP contribution in [-0.4, -0.2) is 56.8 Å². The molecule has 0 saturated carbocycles. The molecule has 112 valence electrons. The van der Waals surface area contributed by atoms with Gasteiger partial charge in [0, 0.05) is 6.54 Å². The lowest BCUT2D eigenvalue weighted by Gasteiger charge is -2.33. The Bertz CT molecular complexity index is 528. The number of morpholine rings is 1. The molecule has 1 atom stereocenters. The fourth-order valence-electron chi connectivity index (χ4n) is 2.11. The van der Waals surface area contributed by atoms with Crippen molar-refractivity contribution in [2.75, 3.05) is 33.0 Å². The van der Waals surface area contributed by atoms with Crippen molar-refractivity contribution in [2.45, 2.75) is 17.9 Å². The van der Waals surface area contributed by atoms with Crippen LogP contribution in [0.1, 0.15) is 6.92 Å². The summed E-state index contributed by atoms with van der Waals surface area (Å²) in [5, 5.41) is 9.28. The third-order valence-electron chi connectivity index (χ3n) is 3.13. The van der Waals surface area contributed by atoms with Crippen LogP contribution >= 0.6 is 0 Å². The third kappa shape index (κ3) is 3.12. The Morgan fingerprint density at radius 1 is 1.40 bits per heavy atom. The molecule has 1 aliphatic rings. The van der Waals surface area contributed by atoms with Crippen molar-refractivity contribution >= 4 is 10.0 Å². The summed E-state index contributed by atoms with van der Waals surface area (Å²) >= 11 is 0. The van der Waals surface area contributed by atoms with E-state index in [1.807, 2.05) is 6.92 Å². The Morgan fingerprint density at radius 2 is 2.10 bits per heavy atom. The Morgan fingerprint density at radius 3 is 2.70 bits per heavy atom. The maximum Gasteiger partial charge on any atom is 0.243 e. The quantitative estimate of drug-likeness (QED) is 0.855. The summed E-state index contributed by atoms with van der Waals surface area (Å²) < 4.78 is 36.9. The maximum atomic E-state index is 12.5. The van der Waals surface area contributed by atoms with E-state index in [1.165, 1.54) is 16.4 Å². The molecule has 1 aliphatic heterocycles. The molecule has 0 radical (unpaired) electrons. The van der Waals surface area contributed by atoms with Gasteiger partial charge in [0.25, 0.3) is 0 Å². The van der Waals surface area contributed by atoms with E-state index in [9.17, 15) is 13.5 Å². The van der Waals surface area contributed by atoms with Crippen LogP contribution in [0, 0.1) is 0 Å². The smallest absolute Gasteiger partial charge is 0.243 e. The third-order valence-corrected chi connectivity index (χ3v) is 5.09. The minimum Gasteiger partial charge on any atom is -0.494 e. The molecule has 1 fully saturated rings. The molecular formula is C13H19NO5S. The molecule has 0 amide bonds. The number of benzene rings is 1. The fourth-order valence-corrected chi connectivity index (χ4v) is 3.70. The van der Waals surface area contributed by atoms with Crippen LogP contribution in [0.3, 0.4) is 0 Å². The van der Waals surface area contributed by atoms with Gasteiger partial charge in [-0.25, -0.2) is 8.42 Å². The van der Waals surface area contributed by atoms with Crippen molar-refractivity contribution in [3.63, 3.8) is 0 Å². The van der Waals surface area contributed by atoms with Crippen molar-refractivity contribution in [2.24, 2.45) is 0 Å². The molecule has 0 aliphatic carbocycles. The van der Waals surface area contributed by atoms with E-state index in [4.69, 9.17) is 9.47 Å². The van der Waals surface area contributed by atoms with E-state index >= 15 is 0 Å². The van der Waals surface area contributed by atoms with Crippen LogP contribution in [0.25, 0.3) is 0 Å². The lowest BCUT2D eigenvalue weighted by atomic mass is 10.3. The summed E-state index contributed by atoms with van der Waals surface area (Å²) in [6.45, 7) is 2.95. The van der Waals surface area contributed by atoms with Gasteiger partial charge in [-0.1, -0.05) is 0 Å². The van der Waals surface area contributed by atoms with Crippen molar-refractivity contribution < 1.29 is 23.0 Å². The predicted molar refractivity (Wildman–Crippen MR) is 73.2 cm³/mol. The SMILES string of the molecule is CCOc1ccc(S(=O)(=O)N2CCOCC2CO)cc1. The predicted octanol–water partition coefficient (Wildman–Crippen LogP) is 0.467. The average molecular weight is 301 g/mol. The van der Waals surface area contributed by atoms with Crippen molar-refractivity contribution in [3.05, 3.63) is 24.3 Å². The van der Waals surface area contributed by atoms with E-state index in [2.05, 4.69) is 0 Å². The average Bonchev–Trinajstić information content (AvgIpc) is 2.48. The normalized spacial score (nSPS) is 20.8. The molecule has 7 heteroatoms. The number of ether oxygens (including phenoxy) is 2.